The maximum absolute atomic E-state index is 12.4. The second-order valence-electron chi connectivity index (χ2n) is 6.17. The fourth-order valence-electron chi connectivity index (χ4n) is 2.95. The molecule has 0 aliphatic carbocycles. The molecule has 0 radical (unpaired) electrons. The van der Waals surface area contributed by atoms with Crippen LogP contribution >= 0.6 is 12.4 Å². The predicted molar refractivity (Wildman–Crippen MR) is 99.7 cm³/mol. The molecule has 1 fully saturated rings. The van der Waals surface area contributed by atoms with Crippen LogP contribution in [0.3, 0.4) is 0 Å². The first-order valence-corrected chi connectivity index (χ1v) is 8.30. The van der Waals surface area contributed by atoms with Crippen LogP contribution in [0, 0.1) is 12.8 Å². The van der Waals surface area contributed by atoms with E-state index in [1.165, 1.54) is 6.07 Å². The summed E-state index contributed by atoms with van der Waals surface area (Å²) in [5, 5.41) is 10.5. The van der Waals surface area contributed by atoms with Gasteiger partial charge in [-0.15, -0.1) is 12.4 Å². The fourth-order valence-corrected chi connectivity index (χ4v) is 2.95. The van der Waals surface area contributed by atoms with Gasteiger partial charge in [-0.25, -0.2) is 4.68 Å². The molecular formula is C18H23ClN4O2. The fraction of sp³-hybridized carbons (Fsp3) is 0.389. The Morgan fingerprint density at radius 1 is 1.36 bits per heavy atom. The van der Waals surface area contributed by atoms with Crippen LogP contribution in [0.1, 0.15) is 29.0 Å². The minimum absolute atomic E-state index is 0. The first kappa shape index (κ1) is 19.1. The predicted octanol–water partition coefficient (Wildman–Crippen LogP) is 1.69. The number of rotatable bonds is 4. The Balaban J connectivity index is 0.00000225. The molecule has 2 heterocycles. The van der Waals surface area contributed by atoms with Crippen molar-refractivity contribution >= 4 is 18.3 Å². The topological polar surface area (TPSA) is 76.0 Å². The lowest BCUT2D eigenvalue weighted by Crippen LogP contribution is -2.40. The van der Waals surface area contributed by atoms with Gasteiger partial charge in [0, 0.05) is 18.3 Å². The molecule has 7 heteroatoms. The molecule has 1 amide bonds. The number of nitrogens with one attached hydrogen (secondary N) is 2. The third-order valence-corrected chi connectivity index (χ3v) is 4.27. The Kier molecular flexibility index (Phi) is 6.73. The number of benzene rings is 1. The zero-order valence-corrected chi connectivity index (χ0v) is 15.0. The van der Waals surface area contributed by atoms with Crippen LogP contribution < -0.4 is 16.1 Å². The van der Waals surface area contributed by atoms with Gasteiger partial charge in [-0.3, -0.25) is 9.59 Å². The summed E-state index contributed by atoms with van der Waals surface area (Å²) in [6.07, 6.45) is 2.20. The highest BCUT2D eigenvalue weighted by molar-refractivity contribution is 5.92. The van der Waals surface area contributed by atoms with Crippen molar-refractivity contribution in [2.75, 3.05) is 19.6 Å². The molecule has 1 aliphatic rings. The van der Waals surface area contributed by atoms with Crippen molar-refractivity contribution in [3.63, 3.8) is 0 Å². The Morgan fingerprint density at radius 2 is 2.12 bits per heavy atom. The Morgan fingerprint density at radius 3 is 2.80 bits per heavy atom. The minimum atomic E-state index is -0.407. The standard InChI is InChI=1S/C18H22N4O2.ClH/c1-13-10-16(23)17(21-22(13)15-7-3-2-4-8-15)18(24)20-12-14-6-5-9-19-11-14;/h2-4,7-8,10,14,19H,5-6,9,11-12H2,1H3,(H,20,24);1H. The average molecular weight is 363 g/mol. The minimum Gasteiger partial charge on any atom is -0.350 e. The van der Waals surface area contributed by atoms with E-state index in [0.29, 0.717) is 18.2 Å². The van der Waals surface area contributed by atoms with Crippen molar-refractivity contribution in [3.05, 3.63) is 58.0 Å². The smallest absolute Gasteiger partial charge is 0.275 e. The number of carbonyl (C=O) groups is 1. The quantitative estimate of drug-likeness (QED) is 0.867. The maximum Gasteiger partial charge on any atom is 0.275 e. The lowest BCUT2D eigenvalue weighted by atomic mass is 10.00. The summed E-state index contributed by atoms with van der Waals surface area (Å²) < 4.78 is 1.62. The van der Waals surface area contributed by atoms with E-state index in [-0.39, 0.29) is 23.5 Å². The molecule has 134 valence electrons. The van der Waals surface area contributed by atoms with Gasteiger partial charge < -0.3 is 10.6 Å². The maximum atomic E-state index is 12.4. The van der Waals surface area contributed by atoms with Gasteiger partial charge >= 0.3 is 0 Å². The van der Waals surface area contributed by atoms with E-state index < -0.39 is 5.91 Å². The lowest BCUT2D eigenvalue weighted by molar-refractivity contribution is 0.0937. The first-order valence-electron chi connectivity index (χ1n) is 8.30. The molecule has 1 aromatic heterocycles. The van der Waals surface area contributed by atoms with E-state index in [4.69, 9.17) is 0 Å². The highest BCUT2D eigenvalue weighted by Crippen LogP contribution is 2.09. The highest BCUT2D eigenvalue weighted by atomic mass is 35.5. The number of nitrogens with zero attached hydrogens (tertiary/aromatic N) is 2. The average Bonchev–Trinajstić information content (AvgIpc) is 2.61. The first-order chi connectivity index (χ1) is 11.6. The Hall–Kier alpha value is -2.18. The molecule has 1 atom stereocenters. The van der Waals surface area contributed by atoms with Crippen LogP contribution in [-0.4, -0.2) is 35.3 Å². The van der Waals surface area contributed by atoms with Gasteiger partial charge in [-0.2, -0.15) is 5.10 Å². The monoisotopic (exact) mass is 362 g/mol. The van der Waals surface area contributed by atoms with E-state index in [2.05, 4.69) is 15.7 Å². The van der Waals surface area contributed by atoms with Crippen molar-refractivity contribution in [2.45, 2.75) is 19.8 Å². The molecule has 0 spiro atoms. The normalized spacial score (nSPS) is 16.8. The Labute approximate surface area is 153 Å². The van der Waals surface area contributed by atoms with E-state index in [1.54, 1.807) is 11.6 Å². The molecule has 3 rings (SSSR count). The van der Waals surface area contributed by atoms with Crippen LogP contribution in [0.15, 0.2) is 41.2 Å². The van der Waals surface area contributed by atoms with Gasteiger partial charge in [0.1, 0.15) is 0 Å². The zero-order chi connectivity index (χ0) is 16.9. The zero-order valence-electron chi connectivity index (χ0n) is 14.2. The molecule has 1 saturated heterocycles. The molecule has 25 heavy (non-hydrogen) atoms. The summed E-state index contributed by atoms with van der Waals surface area (Å²) in [6.45, 7) is 4.30. The Bertz CT molecular complexity index is 770. The van der Waals surface area contributed by atoms with Crippen LogP contribution in [0.5, 0.6) is 0 Å². The van der Waals surface area contributed by atoms with Gasteiger partial charge in [0.15, 0.2) is 5.69 Å². The van der Waals surface area contributed by atoms with Crippen molar-refractivity contribution in [1.82, 2.24) is 20.4 Å². The highest BCUT2D eigenvalue weighted by Gasteiger charge is 2.18. The second kappa shape index (κ2) is 8.78. The van der Waals surface area contributed by atoms with Gasteiger partial charge in [-0.05, 0) is 50.9 Å². The van der Waals surface area contributed by atoms with Crippen LogP contribution in [-0.2, 0) is 0 Å². The molecule has 1 aromatic carbocycles. The van der Waals surface area contributed by atoms with Crippen molar-refractivity contribution in [1.29, 1.82) is 0 Å². The molecule has 1 aliphatic heterocycles. The van der Waals surface area contributed by atoms with Crippen LogP contribution in [0.2, 0.25) is 0 Å². The summed E-state index contributed by atoms with van der Waals surface area (Å²) in [5.41, 5.74) is 1.10. The SMILES string of the molecule is Cc1cc(=O)c(C(=O)NCC2CCCNC2)nn1-c1ccccc1.Cl. The summed E-state index contributed by atoms with van der Waals surface area (Å²) in [5.74, 6) is -0.000230. The summed E-state index contributed by atoms with van der Waals surface area (Å²) in [6, 6.07) is 10.9. The van der Waals surface area contributed by atoms with E-state index >= 15 is 0 Å². The molecule has 2 N–H and O–H groups in total. The van der Waals surface area contributed by atoms with Gasteiger partial charge in [-0.1, -0.05) is 18.2 Å². The number of aromatic nitrogens is 2. The van der Waals surface area contributed by atoms with Gasteiger partial charge in [0.2, 0.25) is 5.43 Å². The molecule has 6 nitrogen and oxygen atoms in total. The number of para-hydroxylation sites is 1. The number of halogens is 1. The van der Waals surface area contributed by atoms with E-state index in [0.717, 1.165) is 31.6 Å². The largest absolute Gasteiger partial charge is 0.350 e. The molecule has 0 saturated carbocycles. The summed E-state index contributed by atoms with van der Waals surface area (Å²) >= 11 is 0. The van der Waals surface area contributed by atoms with Crippen molar-refractivity contribution < 1.29 is 4.79 Å². The number of carbonyl (C=O) groups excluding carboxylic acids is 1. The summed E-state index contributed by atoms with van der Waals surface area (Å²) in [4.78, 5) is 24.6. The second-order valence-corrected chi connectivity index (χ2v) is 6.17. The van der Waals surface area contributed by atoms with E-state index in [1.807, 2.05) is 30.3 Å². The van der Waals surface area contributed by atoms with Crippen LogP contribution in [0.4, 0.5) is 0 Å². The van der Waals surface area contributed by atoms with Crippen LogP contribution in [0.25, 0.3) is 5.69 Å². The van der Waals surface area contributed by atoms with Crippen molar-refractivity contribution in [2.24, 2.45) is 5.92 Å². The third kappa shape index (κ3) is 4.67. The number of aryl methyl sites for hydroxylation is 1. The summed E-state index contributed by atoms with van der Waals surface area (Å²) in [7, 11) is 0. The third-order valence-electron chi connectivity index (χ3n) is 4.27. The molecule has 2 aromatic rings. The van der Waals surface area contributed by atoms with Gasteiger partial charge in [0.25, 0.3) is 5.91 Å². The molecule has 0 bridgehead atoms. The molecular weight excluding hydrogens is 340 g/mol. The molecule has 1 unspecified atom stereocenters. The van der Waals surface area contributed by atoms with E-state index in [9.17, 15) is 9.59 Å². The lowest BCUT2D eigenvalue weighted by Gasteiger charge is -2.22. The van der Waals surface area contributed by atoms with Gasteiger partial charge in [0.05, 0.1) is 5.69 Å². The number of piperidine rings is 1. The number of hydrogen-bond acceptors (Lipinski definition) is 4. The number of hydrogen-bond donors (Lipinski definition) is 2. The number of amides is 1. The van der Waals surface area contributed by atoms with Crippen molar-refractivity contribution in [3.8, 4) is 5.69 Å².